The van der Waals surface area contributed by atoms with Gasteiger partial charge in [0.1, 0.15) is 23.4 Å². The Labute approximate surface area is 162 Å². The van der Waals surface area contributed by atoms with Gasteiger partial charge in [-0.1, -0.05) is 22.0 Å². The van der Waals surface area contributed by atoms with E-state index in [9.17, 15) is 14.9 Å². The minimum Gasteiger partial charge on any atom is -0.310 e. The Morgan fingerprint density at radius 2 is 2.07 bits per heavy atom. The lowest BCUT2D eigenvalue weighted by Crippen LogP contribution is -2.15. The van der Waals surface area contributed by atoms with Gasteiger partial charge < -0.3 is 9.88 Å². The van der Waals surface area contributed by atoms with Crippen molar-refractivity contribution in [3.8, 4) is 11.5 Å². The lowest BCUT2D eigenvalue weighted by Gasteiger charge is -2.10. The van der Waals surface area contributed by atoms with Gasteiger partial charge in [-0.2, -0.15) is 0 Å². The second kappa shape index (κ2) is 7.62. The molecule has 10 heteroatoms. The van der Waals surface area contributed by atoms with E-state index in [0.717, 1.165) is 0 Å². The molecule has 0 saturated carbocycles. The summed E-state index contributed by atoms with van der Waals surface area (Å²) >= 11 is 3.22. The molecule has 0 unspecified atom stereocenters. The van der Waals surface area contributed by atoms with Crippen LogP contribution in [0.25, 0.3) is 11.5 Å². The SMILES string of the molecule is CC(C)n1cnnc1-c1cccc(NC(=O)c2cc(Br)ccc2[N+](=O)[O-])n1. The number of anilines is 1. The fraction of sp³-hybridized carbons (Fsp3) is 0.176. The number of nitrogens with zero attached hydrogens (tertiary/aromatic N) is 5. The first-order valence-corrected chi connectivity index (χ1v) is 8.78. The van der Waals surface area contributed by atoms with E-state index in [0.29, 0.717) is 16.0 Å². The third kappa shape index (κ3) is 4.00. The predicted octanol–water partition coefficient (Wildman–Crippen LogP) is 3.84. The van der Waals surface area contributed by atoms with Crippen molar-refractivity contribution in [1.29, 1.82) is 0 Å². The van der Waals surface area contributed by atoms with E-state index in [1.165, 1.54) is 18.2 Å². The molecule has 138 valence electrons. The summed E-state index contributed by atoms with van der Waals surface area (Å²) < 4.78 is 2.41. The zero-order valence-corrected chi connectivity index (χ0v) is 16.0. The number of nitro benzene ring substituents is 1. The van der Waals surface area contributed by atoms with Crippen molar-refractivity contribution in [2.75, 3.05) is 5.32 Å². The van der Waals surface area contributed by atoms with Crippen LogP contribution < -0.4 is 5.32 Å². The summed E-state index contributed by atoms with van der Waals surface area (Å²) in [6.07, 6.45) is 1.61. The molecule has 0 atom stereocenters. The number of benzene rings is 1. The van der Waals surface area contributed by atoms with Crippen LogP contribution in [-0.2, 0) is 0 Å². The maximum Gasteiger partial charge on any atom is 0.282 e. The van der Waals surface area contributed by atoms with Crippen LogP contribution in [0, 0.1) is 10.1 Å². The van der Waals surface area contributed by atoms with Crippen molar-refractivity contribution in [2.24, 2.45) is 0 Å². The van der Waals surface area contributed by atoms with E-state index < -0.39 is 10.8 Å². The van der Waals surface area contributed by atoms with E-state index in [4.69, 9.17) is 0 Å². The number of rotatable bonds is 5. The molecule has 0 spiro atoms. The Bertz CT molecular complexity index is 1020. The molecular weight excluding hydrogens is 416 g/mol. The first-order chi connectivity index (χ1) is 12.9. The number of carbonyl (C=O) groups is 1. The van der Waals surface area contributed by atoms with Crippen LogP contribution in [0.4, 0.5) is 11.5 Å². The quantitative estimate of drug-likeness (QED) is 0.485. The molecule has 0 fully saturated rings. The van der Waals surface area contributed by atoms with Gasteiger partial charge in [-0.15, -0.1) is 10.2 Å². The van der Waals surface area contributed by atoms with Gasteiger partial charge >= 0.3 is 0 Å². The van der Waals surface area contributed by atoms with Gasteiger partial charge in [-0.3, -0.25) is 14.9 Å². The highest BCUT2D eigenvalue weighted by atomic mass is 79.9. The predicted molar refractivity (Wildman–Crippen MR) is 102 cm³/mol. The zero-order chi connectivity index (χ0) is 19.6. The minimum absolute atomic E-state index is 0.0630. The number of carbonyl (C=O) groups excluding carboxylic acids is 1. The van der Waals surface area contributed by atoms with Gasteiger partial charge in [-0.25, -0.2) is 4.98 Å². The van der Waals surface area contributed by atoms with E-state index in [1.807, 2.05) is 18.4 Å². The molecular formula is C17H15BrN6O3. The van der Waals surface area contributed by atoms with Crippen LogP contribution in [0.5, 0.6) is 0 Å². The Hall–Kier alpha value is -3.14. The van der Waals surface area contributed by atoms with Crippen molar-refractivity contribution in [3.05, 3.63) is 62.9 Å². The summed E-state index contributed by atoms with van der Waals surface area (Å²) in [4.78, 5) is 27.5. The molecule has 0 aliphatic carbocycles. The summed E-state index contributed by atoms with van der Waals surface area (Å²) in [5.74, 6) is 0.192. The van der Waals surface area contributed by atoms with E-state index in [-0.39, 0.29) is 23.1 Å². The second-order valence-electron chi connectivity index (χ2n) is 5.94. The third-order valence-electron chi connectivity index (χ3n) is 3.75. The number of halogens is 1. The normalized spacial score (nSPS) is 10.8. The molecule has 3 rings (SSSR count). The summed E-state index contributed by atoms with van der Waals surface area (Å²) in [6, 6.07) is 9.38. The molecule has 0 radical (unpaired) electrons. The molecule has 0 bridgehead atoms. The molecule has 0 aliphatic heterocycles. The van der Waals surface area contributed by atoms with E-state index in [2.05, 4.69) is 36.4 Å². The number of hydrogen-bond donors (Lipinski definition) is 1. The van der Waals surface area contributed by atoms with Crippen LogP contribution in [0.1, 0.15) is 30.2 Å². The summed E-state index contributed by atoms with van der Waals surface area (Å²) in [6.45, 7) is 3.98. The van der Waals surface area contributed by atoms with Crippen molar-refractivity contribution in [2.45, 2.75) is 19.9 Å². The summed E-state index contributed by atoms with van der Waals surface area (Å²) in [7, 11) is 0. The Balaban J connectivity index is 1.91. The molecule has 1 aromatic carbocycles. The molecule has 2 heterocycles. The summed E-state index contributed by atoms with van der Waals surface area (Å²) in [5, 5.41) is 21.8. The van der Waals surface area contributed by atoms with Crippen LogP contribution in [0.3, 0.4) is 0 Å². The Morgan fingerprint density at radius 1 is 1.30 bits per heavy atom. The van der Waals surface area contributed by atoms with Gasteiger partial charge in [0.15, 0.2) is 5.82 Å². The fourth-order valence-corrected chi connectivity index (χ4v) is 2.83. The molecule has 27 heavy (non-hydrogen) atoms. The molecule has 9 nitrogen and oxygen atoms in total. The zero-order valence-electron chi connectivity index (χ0n) is 14.5. The van der Waals surface area contributed by atoms with Crippen molar-refractivity contribution in [1.82, 2.24) is 19.7 Å². The first-order valence-electron chi connectivity index (χ1n) is 7.99. The summed E-state index contributed by atoms with van der Waals surface area (Å²) in [5.41, 5.74) is 0.182. The fourth-order valence-electron chi connectivity index (χ4n) is 2.47. The highest BCUT2D eigenvalue weighted by Crippen LogP contribution is 2.25. The molecule has 2 aromatic heterocycles. The monoisotopic (exact) mass is 430 g/mol. The molecule has 1 amide bonds. The van der Waals surface area contributed by atoms with Crippen LogP contribution in [0.15, 0.2) is 47.2 Å². The van der Waals surface area contributed by atoms with Crippen molar-refractivity contribution >= 4 is 33.3 Å². The van der Waals surface area contributed by atoms with Crippen LogP contribution in [0.2, 0.25) is 0 Å². The van der Waals surface area contributed by atoms with Gasteiger partial charge in [0.2, 0.25) is 0 Å². The molecule has 1 N–H and O–H groups in total. The average molecular weight is 431 g/mol. The smallest absolute Gasteiger partial charge is 0.282 e. The third-order valence-corrected chi connectivity index (χ3v) is 4.24. The highest BCUT2D eigenvalue weighted by molar-refractivity contribution is 9.10. The largest absolute Gasteiger partial charge is 0.310 e. The maximum absolute atomic E-state index is 12.6. The van der Waals surface area contributed by atoms with Gasteiger partial charge in [0.25, 0.3) is 11.6 Å². The number of hydrogen-bond acceptors (Lipinski definition) is 6. The number of pyridine rings is 1. The number of nitrogens with one attached hydrogen (secondary N) is 1. The Morgan fingerprint density at radius 3 is 2.78 bits per heavy atom. The standard InChI is InChI=1S/C17H15BrN6O3/c1-10(2)23-9-19-22-16(23)13-4-3-5-15(20-13)21-17(25)12-8-11(18)6-7-14(12)24(26)27/h3-10H,1-2H3,(H,20,21,25). The molecule has 3 aromatic rings. The average Bonchev–Trinajstić information content (AvgIpc) is 3.11. The van der Waals surface area contributed by atoms with Gasteiger partial charge in [-0.05, 0) is 38.1 Å². The van der Waals surface area contributed by atoms with Crippen LogP contribution >= 0.6 is 15.9 Å². The highest BCUT2D eigenvalue weighted by Gasteiger charge is 2.21. The van der Waals surface area contributed by atoms with Gasteiger partial charge in [0.05, 0.1) is 4.92 Å². The first kappa shape index (κ1) is 18.6. The number of aromatic nitrogens is 4. The van der Waals surface area contributed by atoms with E-state index >= 15 is 0 Å². The Kier molecular flexibility index (Phi) is 5.26. The topological polar surface area (TPSA) is 116 Å². The molecule has 0 aliphatic rings. The van der Waals surface area contributed by atoms with Crippen molar-refractivity contribution in [3.63, 3.8) is 0 Å². The maximum atomic E-state index is 12.6. The van der Waals surface area contributed by atoms with Crippen molar-refractivity contribution < 1.29 is 9.72 Å². The number of amides is 1. The lowest BCUT2D eigenvalue weighted by molar-refractivity contribution is -0.385. The molecule has 0 saturated heterocycles. The van der Waals surface area contributed by atoms with Gasteiger partial charge in [0, 0.05) is 16.6 Å². The minimum atomic E-state index is -0.627. The number of nitro groups is 1. The van der Waals surface area contributed by atoms with E-state index in [1.54, 1.807) is 24.5 Å². The van der Waals surface area contributed by atoms with Crippen LogP contribution in [-0.4, -0.2) is 30.6 Å². The lowest BCUT2D eigenvalue weighted by atomic mass is 10.1. The second-order valence-corrected chi connectivity index (χ2v) is 6.85.